The van der Waals surface area contributed by atoms with Gasteiger partial charge in [0.25, 0.3) is 5.56 Å². The van der Waals surface area contributed by atoms with E-state index in [9.17, 15) is 18.7 Å². The molecule has 3 aromatic carbocycles. The number of ether oxygens (including phenoxy) is 2. The summed E-state index contributed by atoms with van der Waals surface area (Å²) in [4.78, 5) is 18.5. The molecule has 0 unspecified atom stereocenters. The molecule has 0 aliphatic carbocycles. The van der Waals surface area contributed by atoms with Gasteiger partial charge in [-0.2, -0.15) is 0 Å². The average molecular weight is 493 g/mol. The summed E-state index contributed by atoms with van der Waals surface area (Å²) < 4.78 is 40.2. The van der Waals surface area contributed by atoms with Crippen LogP contribution in [0.3, 0.4) is 0 Å². The van der Waals surface area contributed by atoms with Crippen LogP contribution in [0.25, 0.3) is 22.6 Å². The first kappa shape index (κ1) is 24.9. The van der Waals surface area contributed by atoms with Gasteiger partial charge in [-0.25, -0.2) is 13.8 Å². The third kappa shape index (κ3) is 4.79. The number of halogens is 2. The Morgan fingerprint density at radius 1 is 0.972 bits per heavy atom. The van der Waals surface area contributed by atoms with Crippen molar-refractivity contribution in [1.29, 1.82) is 0 Å². The SMILES string of the molecule is CCc1c(-c2ccc(OC)c(OC)c2)nc(-c2cccc(F)c2O)n(CCc2cccc(F)c2)c1=O. The number of nitrogens with zero attached hydrogens (tertiary/aromatic N) is 2. The van der Waals surface area contributed by atoms with Crippen LogP contribution < -0.4 is 15.0 Å². The number of aryl methyl sites for hydroxylation is 1. The molecule has 1 aromatic heterocycles. The van der Waals surface area contributed by atoms with Gasteiger partial charge in [-0.3, -0.25) is 9.36 Å². The number of phenols is 1. The maximum absolute atomic E-state index is 14.3. The summed E-state index contributed by atoms with van der Waals surface area (Å²) in [7, 11) is 3.04. The summed E-state index contributed by atoms with van der Waals surface area (Å²) >= 11 is 0. The van der Waals surface area contributed by atoms with Crippen LogP contribution in [0.15, 0.2) is 65.5 Å². The molecule has 0 radical (unpaired) electrons. The van der Waals surface area contributed by atoms with Crippen molar-refractivity contribution >= 4 is 0 Å². The van der Waals surface area contributed by atoms with Crippen LogP contribution in [0.4, 0.5) is 8.78 Å². The van der Waals surface area contributed by atoms with Gasteiger partial charge in [0.2, 0.25) is 0 Å². The number of benzene rings is 3. The van der Waals surface area contributed by atoms with Gasteiger partial charge in [0, 0.05) is 17.7 Å². The van der Waals surface area contributed by atoms with Crippen molar-refractivity contribution in [3.05, 3.63) is 93.8 Å². The molecule has 4 rings (SSSR count). The van der Waals surface area contributed by atoms with E-state index >= 15 is 0 Å². The van der Waals surface area contributed by atoms with Crippen molar-refractivity contribution in [1.82, 2.24) is 9.55 Å². The van der Waals surface area contributed by atoms with E-state index in [4.69, 9.17) is 14.5 Å². The predicted octanol–water partition coefficient (Wildman–Crippen LogP) is 5.38. The quantitative estimate of drug-likeness (QED) is 0.357. The lowest BCUT2D eigenvalue weighted by atomic mass is 10.0. The number of methoxy groups -OCH3 is 2. The monoisotopic (exact) mass is 492 g/mol. The standard InChI is InChI=1S/C28H26F2N2O4/c1-4-20-25(18-11-12-23(35-2)24(16-18)36-3)31-27(21-9-6-10-22(30)26(21)33)32(28(20)34)14-13-17-7-5-8-19(29)15-17/h5-12,15-16,33H,4,13-14H2,1-3H3. The lowest BCUT2D eigenvalue weighted by Crippen LogP contribution is -2.28. The van der Waals surface area contributed by atoms with Crippen molar-refractivity contribution in [2.45, 2.75) is 26.3 Å². The zero-order valence-corrected chi connectivity index (χ0v) is 20.2. The molecule has 1 N–H and O–H groups in total. The smallest absolute Gasteiger partial charge is 0.257 e. The highest BCUT2D eigenvalue weighted by atomic mass is 19.1. The molecule has 0 amide bonds. The Balaban J connectivity index is 1.94. The van der Waals surface area contributed by atoms with Crippen LogP contribution in [0.1, 0.15) is 18.1 Å². The molecule has 1 heterocycles. The molecule has 0 aliphatic rings. The first-order valence-corrected chi connectivity index (χ1v) is 11.5. The number of hydrogen-bond donors (Lipinski definition) is 1. The Bertz CT molecular complexity index is 1470. The van der Waals surface area contributed by atoms with Gasteiger partial charge in [-0.05, 0) is 60.9 Å². The number of rotatable bonds is 8. The third-order valence-corrected chi connectivity index (χ3v) is 6.01. The highest BCUT2D eigenvalue weighted by molar-refractivity contribution is 5.71. The molecule has 4 aromatic rings. The van der Waals surface area contributed by atoms with E-state index in [2.05, 4.69) is 0 Å². The average Bonchev–Trinajstić information content (AvgIpc) is 2.88. The fourth-order valence-corrected chi connectivity index (χ4v) is 4.18. The van der Waals surface area contributed by atoms with Crippen LogP contribution >= 0.6 is 0 Å². The second-order valence-electron chi connectivity index (χ2n) is 8.16. The lowest BCUT2D eigenvalue weighted by molar-refractivity contribution is 0.355. The molecule has 0 aliphatic heterocycles. The van der Waals surface area contributed by atoms with Gasteiger partial charge in [-0.15, -0.1) is 0 Å². The van der Waals surface area contributed by atoms with Crippen molar-refractivity contribution in [2.24, 2.45) is 0 Å². The van der Waals surface area contributed by atoms with Crippen molar-refractivity contribution < 1.29 is 23.4 Å². The third-order valence-electron chi connectivity index (χ3n) is 6.01. The Kier molecular flexibility index (Phi) is 7.33. The summed E-state index contributed by atoms with van der Waals surface area (Å²) in [6, 6.07) is 15.4. The number of aromatic nitrogens is 2. The van der Waals surface area contributed by atoms with Gasteiger partial charge < -0.3 is 14.6 Å². The first-order valence-electron chi connectivity index (χ1n) is 11.5. The number of para-hydroxylation sites is 1. The molecule has 8 heteroatoms. The Morgan fingerprint density at radius 3 is 2.42 bits per heavy atom. The Labute approximate surface area is 207 Å². The van der Waals surface area contributed by atoms with Gasteiger partial charge >= 0.3 is 0 Å². The van der Waals surface area contributed by atoms with Crippen molar-refractivity contribution in [2.75, 3.05) is 14.2 Å². The van der Waals surface area contributed by atoms with E-state index in [1.165, 1.54) is 43.1 Å². The fraction of sp³-hybridized carbons (Fsp3) is 0.214. The van der Waals surface area contributed by atoms with Crippen LogP contribution in [0.5, 0.6) is 17.2 Å². The molecule has 0 atom stereocenters. The van der Waals surface area contributed by atoms with Gasteiger partial charge in [0.15, 0.2) is 23.1 Å². The minimum atomic E-state index is -0.828. The van der Waals surface area contributed by atoms with Gasteiger partial charge in [0.05, 0.1) is 25.5 Å². The molecular formula is C28H26F2N2O4. The fourth-order valence-electron chi connectivity index (χ4n) is 4.18. The lowest BCUT2D eigenvalue weighted by Gasteiger charge is -2.18. The normalized spacial score (nSPS) is 10.9. The number of aromatic hydroxyl groups is 1. The van der Waals surface area contributed by atoms with Crippen molar-refractivity contribution in [3.8, 4) is 39.9 Å². The van der Waals surface area contributed by atoms with E-state index in [1.807, 2.05) is 6.92 Å². The highest BCUT2D eigenvalue weighted by Gasteiger charge is 2.22. The predicted molar refractivity (Wildman–Crippen MR) is 134 cm³/mol. The molecule has 0 bridgehead atoms. The molecule has 6 nitrogen and oxygen atoms in total. The van der Waals surface area contributed by atoms with E-state index in [0.717, 1.165) is 6.07 Å². The van der Waals surface area contributed by atoms with Crippen molar-refractivity contribution in [3.63, 3.8) is 0 Å². The van der Waals surface area contributed by atoms with Gasteiger partial charge in [0.1, 0.15) is 11.6 Å². The van der Waals surface area contributed by atoms with E-state index in [-0.39, 0.29) is 29.3 Å². The highest BCUT2D eigenvalue weighted by Crippen LogP contribution is 2.35. The summed E-state index contributed by atoms with van der Waals surface area (Å²) in [6.07, 6.45) is 0.714. The maximum Gasteiger partial charge on any atom is 0.257 e. The molecule has 186 valence electrons. The maximum atomic E-state index is 14.3. The minimum Gasteiger partial charge on any atom is -0.504 e. The number of hydrogen-bond acceptors (Lipinski definition) is 5. The summed E-state index contributed by atoms with van der Waals surface area (Å²) in [5.41, 5.74) is 1.89. The van der Waals surface area contributed by atoms with Crippen LogP contribution in [-0.4, -0.2) is 28.9 Å². The van der Waals surface area contributed by atoms with E-state index in [1.54, 1.807) is 30.3 Å². The molecule has 0 saturated heterocycles. The summed E-state index contributed by atoms with van der Waals surface area (Å²) in [6.45, 7) is 2.00. The zero-order valence-electron chi connectivity index (χ0n) is 20.2. The van der Waals surface area contributed by atoms with E-state index < -0.39 is 11.6 Å². The first-order chi connectivity index (χ1) is 17.4. The largest absolute Gasteiger partial charge is 0.504 e. The van der Waals surface area contributed by atoms with Crippen LogP contribution in [0.2, 0.25) is 0 Å². The van der Waals surface area contributed by atoms with Crippen LogP contribution in [-0.2, 0) is 19.4 Å². The molecule has 0 fully saturated rings. The Morgan fingerprint density at radius 2 is 1.72 bits per heavy atom. The molecule has 0 saturated carbocycles. The second-order valence-corrected chi connectivity index (χ2v) is 8.16. The zero-order chi connectivity index (χ0) is 25.8. The molecule has 36 heavy (non-hydrogen) atoms. The van der Waals surface area contributed by atoms with Gasteiger partial charge in [-0.1, -0.05) is 25.1 Å². The summed E-state index contributed by atoms with van der Waals surface area (Å²) in [5, 5.41) is 10.5. The minimum absolute atomic E-state index is 0.0794. The Hall–Kier alpha value is -4.20. The van der Waals surface area contributed by atoms with E-state index in [0.29, 0.717) is 46.7 Å². The molecular weight excluding hydrogens is 466 g/mol. The number of phenolic OH excluding ortho intramolecular Hbond substituents is 1. The molecule has 0 spiro atoms. The second kappa shape index (κ2) is 10.6. The topological polar surface area (TPSA) is 73.6 Å². The van der Waals surface area contributed by atoms with Crippen LogP contribution in [0, 0.1) is 11.6 Å². The summed E-state index contributed by atoms with van der Waals surface area (Å²) in [5.74, 6) is -0.721.